The third kappa shape index (κ3) is 4.17. The van der Waals surface area contributed by atoms with Crippen molar-refractivity contribution in [3.05, 3.63) is 42.5 Å². The minimum atomic E-state index is -0.842. The lowest BCUT2D eigenvalue weighted by molar-refractivity contribution is -0.135. The van der Waals surface area contributed by atoms with Gasteiger partial charge >= 0.3 is 6.01 Å². The lowest BCUT2D eigenvalue weighted by atomic mass is 9.64. The molecule has 1 amide bonds. The van der Waals surface area contributed by atoms with Crippen LogP contribution in [0.25, 0.3) is 0 Å². The van der Waals surface area contributed by atoms with Crippen molar-refractivity contribution in [2.75, 3.05) is 20.3 Å². The maximum absolute atomic E-state index is 12.8. The van der Waals surface area contributed by atoms with E-state index in [1.807, 2.05) is 24.3 Å². The zero-order valence-corrected chi connectivity index (χ0v) is 15.3. The van der Waals surface area contributed by atoms with Crippen LogP contribution in [0.4, 0.5) is 4.39 Å². The molecule has 4 unspecified atom stereocenters. The van der Waals surface area contributed by atoms with Gasteiger partial charge in [0.15, 0.2) is 5.82 Å². The average molecular weight is 376 g/mol. The Hall–Kier alpha value is -2.32. The molecule has 4 atom stereocenters. The van der Waals surface area contributed by atoms with Crippen LogP contribution in [0.1, 0.15) is 19.3 Å². The van der Waals surface area contributed by atoms with E-state index in [1.165, 1.54) is 0 Å². The predicted molar refractivity (Wildman–Crippen MR) is 97.3 cm³/mol. The summed E-state index contributed by atoms with van der Waals surface area (Å²) in [4.78, 5) is 20.0. The second-order valence-corrected chi connectivity index (χ2v) is 6.89. The monoisotopic (exact) mass is 376 g/mol. The molecule has 0 radical (unpaired) electrons. The van der Waals surface area contributed by atoms with Gasteiger partial charge in [0.25, 0.3) is 0 Å². The number of ether oxygens (including phenoxy) is 2. The van der Waals surface area contributed by atoms with Crippen molar-refractivity contribution in [1.82, 2.24) is 15.3 Å². The maximum Gasteiger partial charge on any atom is 0.316 e. The van der Waals surface area contributed by atoms with Gasteiger partial charge in [-0.2, -0.15) is 0 Å². The van der Waals surface area contributed by atoms with E-state index in [-0.39, 0.29) is 30.0 Å². The number of amides is 1. The lowest BCUT2D eigenvalue weighted by Gasteiger charge is -2.45. The van der Waals surface area contributed by atoms with Crippen molar-refractivity contribution in [2.24, 2.45) is 17.1 Å². The minimum absolute atomic E-state index is 0.0643. The van der Waals surface area contributed by atoms with Gasteiger partial charge in [0, 0.05) is 13.2 Å². The van der Waals surface area contributed by atoms with Gasteiger partial charge in [-0.25, -0.2) is 14.4 Å². The molecule has 146 valence electrons. The number of methoxy groups -OCH3 is 1. The molecule has 1 aliphatic heterocycles. The van der Waals surface area contributed by atoms with Crippen LogP contribution < -0.4 is 15.8 Å². The van der Waals surface area contributed by atoms with Gasteiger partial charge in [0.05, 0.1) is 30.5 Å². The average Bonchev–Trinajstić information content (AvgIpc) is 2.69. The van der Waals surface area contributed by atoms with Crippen LogP contribution in [-0.4, -0.2) is 48.3 Å². The fraction of sp³-hybridized carbons (Fsp3) is 0.526. The first-order valence-corrected chi connectivity index (χ1v) is 9.08. The van der Waals surface area contributed by atoms with Gasteiger partial charge in [-0.3, -0.25) is 4.79 Å². The third-order valence-corrected chi connectivity index (χ3v) is 5.39. The van der Waals surface area contributed by atoms with Crippen molar-refractivity contribution in [3.63, 3.8) is 0 Å². The molecule has 0 bridgehead atoms. The van der Waals surface area contributed by atoms with Gasteiger partial charge in [0.2, 0.25) is 5.91 Å². The SMILES string of the molecule is COC1C=CC=CC1(C(N)=O)C1CCNC(CCOc2ncc(F)cn2)C1. The molecule has 27 heavy (non-hydrogen) atoms. The van der Waals surface area contributed by atoms with Crippen LogP contribution in [-0.2, 0) is 9.53 Å². The normalized spacial score (nSPS) is 30.2. The highest BCUT2D eigenvalue weighted by Crippen LogP contribution is 2.43. The number of halogens is 1. The number of rotatable bonds is 7. The maximum atomic E-state index is 12.8. The molecule has 1 saturated heterocycles. The Labute approximate surface area is 157 Å². The van der Waals surface area contributed by atoms with Crippen LogP contribution in [0, 0.1) is 17.2 Å². The molecular formula is C19H25FN4O3. The number of carbonyl (C=O) groups is 1. The summed E-state index contributed by atoms with van der Waals surface area (Å²) in [5.74, 6) is -0.802. The highest BCUT2D eigenvalue weighted by atomic mass is 19.1. The number of nitrogens with two attached hydrogens (primary N) is 1. The quantitative estimate of drug-likeness (QED) is 0.746. The van der Waals surface area contributed by atoms with Crippen LogP contribution in [0.15, 0.2) is 36.7 Å². The number of hydrogen-bond donors (Lipinski definition) is 2. The molecule has 1 aromatic heterocycles. The summed E-state index contributed by atoms with van der Waals surface area (Å²) in [7, 11) is 1.60. The van der Waals surface area contributed by atoms with Crippen molar-refractivity contribution < 1.29 is 18.7 Å². The molecule has 3 N–H and O–H groups in total. The summed E-state index contributed by atoms with van der Waals surface area (Å²) in [6, 6.07) is 0.314. The van der Waals surface area contributed by atoms with Crippen LogP contribution in [0.3, 0.4) is 0 Å². The predicted octanol–water partition coefficient (Wildman–Crippen LogP) is 1.37. The van der Waals surface area contributed by atoms with E-state index in [4.69, 9.17) is 15.2 Å². The van der Waals surface area contributed by atoms with E-state index in [1.54, 1.807) is 7.11 Å². The topological polar surface area (TPSA) is 99.4 Å². The van der Waals surface area contributed by atoms with Gasteiger partial charge in [-0.05, 0) is 31.7 Å². The van der Waals surface area contributed by atoms with E-state index < -0.39 is 11.2 Å². The number of nitrogens with zero attached hydrogens (tertiary/aromatic N) is 2. The summed E-state index contributed by atoms with van der Waals surface area (Å²) in [6.07, 6.45) is 11.6. The van der Waals surface area contributed by atoms with Gasteiger partial charge in [-0.1, -0.05) is 24.3 Å². The second kappa shape index (κ2) is 8.58. The summed E-state index contributed by atoms with van der Waals surface area (Å²) in [5.41, 5.74) is 4.99. The first kappa shape index (κ1) is 19.4. The molecule has 1 aromatic rings. The number of carbonyl (C=O) groups excluding carboxylic acids is 1. The Balaban J connectivity index is 1.62. The zero-order valence-electron chi connectivity index (χ0n) is 15.3. The molecular weight excluding hydrogens is 351 g/mol. The molecule has 2 aliphatic rings. The molecule has 1 aliphatic carbocycles. The number of allylic oxidation sites excluding steroid dienone is 2. The standard InChI is InChI=1S/C19H25FN4O3/c1-26-16-4-2-3-7-19(16,17(21)25)13-5-8-22-15(10-13)6-9-27-18-23-11-14(20)12-24-18/h2-4,7,11-13,15-16,22H,5-6,8-10H2,1H3,(H2,21,25). The minimum Gasteiger partial charge on any atom is -0.463 e. The number of primary amides is 1. The van der Waals surface area contributed by atoms with Gasteiger partial charge < -0.3 is 20.5 Å². The van der Waals surface area contributed by atoms with Gasteiger partial charge in [0.1, 0.15) is 0 Å². The van der Waals surface area contributed by atoms with E-state index >= 15 is 0 Å². The number of piperidine rings is 1. The molecule has 0 saturated carbocycles. The van der Waals surface area contributed by atoms with Crippen LogP contribution in [0.5, 0.6) is 6.01 Å². The van der Waals surface area contributed by atoms with E-state index in [9.17, 15) is 9.18 Å². The highest BCUT2D eigenvalue weighted by Gasteiger charge is 2.49. The van der Waals surface area contributed by atoms with Crippen molar-refractivity contribution >= 4 is 5.91 Å². The van der Waals surface area contributed by atoms with Crippen molar-refractivity contribution in [2.45, 2.75) is 31.4 Å². The summed E-state index contributed by atoms with van der Waals surface area (Å²) < 4.78 is 23.9. The number of nitrogens with one attached hydrogen (secondary N) is 1. The molecule has 3 rings (SSSR count). The molecule has 2 heterocycles. The smallest absolute Gasteiger partial charge is 0.316 e. The number of hydrogen-bond acceptors (Lipinski definition) is 6. The fourth-order valence-electron chi connectivity index (χ4n) is 4.03. The molecule has 8 heteroatoms. The summed E-state index contributed by atoms with van der Waals surface area (Å²) >= 11 is 0. The Kier molecular flexibility index (Phi) is 6.18. The van der Waals surface area contributed by atoms with E-state index in [2.05, 4.69) is 15.3 Å². The number of aromatic nitrogens is 2. The Morgan fingerprint density at radius 2 is 2.19 bits per heavy atom. The van der Waals surface area contributed by atoms with Crippen molar-refractivity contribution in [1.29, 1.82) is 0 Å². The first-order chi connectivity index (χ1) is 13.1. The van der Waals surface area contributed by atoms with Crippen LogP contribution >= 0.6 is 0 Å². The van der Waals surface area contributed by atoms with E-state index in [0.717, 1.165) is 31.8 Å². The Bertz CT molecular complexity index is 709. The van der Waals surface area contributed by atoms with E-state index in [0.29, 0.717) is 13.0 Å². The summed E-state index contributed by atoms with van der Waals surface area (Å²) in [6.45, 7) is 1.18. The first-order valence-electron chi connectivity index (χ1n) is 9.08. The van der Waals surface area contributed by atoms with Crippen molar-refractivity contribution in [3.8, 4) is 6.01 Å². The zero-order chi connectivity index (χ0) is 19.3. The van der Waals surface area contributed by atoms with Gasteiger partial charge in [-0.15, -0.1) is 0 Å². The second-order valence-electron chi connectivity index (χ2n) is 6.89. The Morgan fingerprint density at radius 3 is 2.89 bits per heavy atom. The fourth-order valence-corrected chi connectivity index (χ4v) is 4.03. The summed E-state index contributed by atoms with van der Waals surface area (Å²) in [5, 5.41) is 3.46. The molecule has 0 aromatic carbocycles. The molecule has 7 nitrogen and oxygen atoms in total. The molecule has 0 spiro atoms. The third-order valence-electron chi connectivity index (χ3n) is 5.39. The van der Waals surface area contributed by atoms with Crippen LogP contribution in [0.2, 0.25) is 0 Å². The molecule has 1 fully saturated rings. The largest absolute Gasteiger partial charge is 0.463 e. The Morgan fingerprint density at radius 1 is 1.41 bits per heavy atom. The highest BCUT2D eigenvalue weighted by molar-refractivity contribution is 5.85. The lowest BCUT2D eigenvalue weighted by Crippen LogP contribution is -2.55.